The third kappa shape index (κ3) is 4.05. The molecule has 1 saturated heterocycles. The van der Waals surface area contributed by atoms with Crippen LogP contribution >= 0.6 is 0 Å². The van der Waals surface area contributed by atoms with E-state index in [-0.39, 0.29) is 17.9 Å². The summed E-state index contributed by atoms with van der Waals surface area (Å²) in [7, 11) is -2.70. The van der Waals surface area contributed by atoms with Crippen molar-refractivity contribution in [3.63, 3.8) is 0 Å². The highest BCUT2D eigenvalue weighted by Gasteiger charge is 2.28. The summed E-state index contributed by atoms with van der Waals surface area (Å²) in [6.07, 6.45) is 5.91. The monoisotopic (exact) mass is 298 g/mol. The number of thiol groups is 1. The lowest BCUT2D eigenvalue weighted by Gasteiger charge is -2.35. The summed E-state index contributed by atoms with van der Waals surface area (Å²) in [5.41, 5.74) is 1.59. The molecule has 1 rings (SSSR count). The van der Waals surface area contributed by atoms with Gasteiger partial charge < -0.3 is 5.32 Å². The van der Waals surface area contributed by atoms with Crippen molar-refractivity contribution in [3.05, 3.63) is 36.1 Å². The van der Waals surface area contributed by atoms with Crippen molar-refractivity contribution in [2.45, 2.75) is 39.3 Å². The second-order valence-electron chi connectivity index (χ2n) is 4.82. The van der Waals surface area contributed by atoms with Crippen molar-refractivity contribution in [1.82, 2.24) is 9.62 Å². The highest BCUT2D eigenvalue weighted by atomic mass is 32.2. The van der Waals surface area contributed by atoms with E-state index in [4.69, 9.17) is 0 Å². The van der Waals surface area contributed by atoms with Crippen molar-refractivity contribution in [2.75, 3.05) is 6.54 Å². The third-order valence-electron chi connectivity index (χ3n) is 3.35. The van der Waals surface area contributed by atoms with Crippen LogP contribution in [-0.4, -0.2) is 37.1 Å². The average Bonchev–Trinajstić information content (AvgIpc) is 2.38. The Morgan fingerprint density at radius 1 is 1.55 bits per heavy atom. The summed E-state index contributed by atoms with van der Waals surface area (Å²) < 4.78 is 24.2. The van der Waals surface area contributed by atoms with Crippen LogP contribution in [0.15, 0.2) is 36.1 Å². The van der Waals surface area contributed by atoms with Crippen LogP contribution in [-0.2, 0) is 15.7 Å². The number of carbonyl (C=O) groups excluding carboxylic acids is 1. The first-order valence-corrected chi connectivity index (χ1v) is 7.70. The van der Waals surface area contributed by atoms with Gasteiger partial charge in [0.25, 0.3) is 0 Å². The molecular formula is C14H22N2O3S. The van der Waals surface area contributed by atoms with Gasteiger partial charge in [-0.05, 0) is 32.8 Å². The fraction of sp³-hybridized carbons (Fsp3) is 0.500. The average molecular weight is 298 g/mol. The topological polar surface area (TPSA) is 66.5 Å². The van der Waals surface area contributed by atoms with Crippen LogP contribution in [0, 0.1) is 0 Å². The van der Waals surface area contributed by atoms with Crippen LogP contribution in [0.4, 0.5) is 0 Å². The lowest BCUT2D eigenvalue weighted by molar-refractivity contribution is -0.118. The number of nitrogens with zero attached hydrogens (tertiary/aromatic N) is 1. The SMILES string of the molecule is C=C/C=C1/C[C@@H](NC(C)C(C)=O)CN([SH](=O)=O)/C1=C/C. The molecule has 1 unspecified atom stereocenters. The molecule has 20 heavy (non-hydrogen) atoms. The summed E-state index contributed by atoms with van der Waals surface area (Å²) in [6.45, 7) is 9.11. The molecule has 0 spiro atoms. The van der Waals surface area contributed by atoms with E-state index in [2.05, 4.69) is 11.9 Å². The molecule has 0 aliphatic carbocycles. The number of hydrogen-bond donors (Lipinski definition) is 2. The van der Waals surface area contributed by atoms with E-state index in [1.165, 1.54) is 11.2 Å². The molecule has 1 heterocycles. The normalized spacial score (nSPS) is 25.2. The van der Waals surface area contributed by atoms with E-state index >= 15 is 0 Å². The minimum absolute atomic E-state index is 0.0362. The van der Waals surface area contributed by atoms with Gasteiger partial charge in [-0.3, -0.25) is 9.10 Å². The Morgan fingerprint density at radius 2 is 2.20 bits per heavy atom. The number of ketones is 1. The van der Waals surface area contributed by atoms with E-state index in [0.29, 0.717) is 18.7 Å². The molecule has 0 saturated carbocycles. The molecular weight excluding hydrogens is 276 g/mol. The van der Waals surface area contributed by atoms with Crippen LogP contribution in [0.5, 0.6) is 0 Å². The molecule has 1 aliphatic heterocycles. The first kappa shape index (κ1) is 16.7. The Balaban J connectivity index is 3.01. The molecule has 6 heteroatoms. The Bertz CT molecular complexity index is 513. The number of nitrogens with one attached hydrogen (secondary N) is 1. The van der Waals surface area contributed by atoms with Crippen molar-refractivity contribution in [2.24, 2.45) is 0 Å². The summed E-state index contributed by atoms with van der Waals surface area (Å²) >= 11 is 0. The van der Waals surface area contributed by atoms with Gasteiger partial charge in [-0.1, -0.05) is 24.8 Å². The quantitative estimate of drug-likeness (QED) is 0.748. The van der Waals surface area contributed by atoms with E-state index in [1.807, 2.05) is 13.0 Å². The second kappa shape index (κ2) is 7.40. The number of allylic oxidation sites excluding steroid dienone is 4. The standard InChI is InChI=1S/C14H22N2O3S/c1-5-7-12-8-13(15-10(3)11(4)17)9-16(20(18)19)14(12)6-2/h5-7,10,13,15,20H,1,8-9H2,2-4H3/b12-7-,14-6+/t10?,13-/m1/s1. The molecule has 1 fully saturated rings. The number of carbonyl (C=O) groups is 1. The molecule has 0 amide bonds. The second-order valence-corrected chi connectivity index (χ2v) is 5.78. The predicted octanol–water partition coefficient (Wildman–Crippen LogP) is 1.17. The predicted molar refractivity (Wildman–Crippen MR) is 80.7 cm³/mol. The molecule has 112 valence electrons. The Hall–Kier alpha value is -1.40. The highest BCUT2D eigenvalue weighted by Crippen LogP contribution is 2.27. The molecule has 1 aliphatic rings. The van der Waals surface area contributed by atoms with Crippen LogP contribution in [0.25, 0.3) is 0 Å². The van der Waals surface area contributed by atoms with E-state index in [0.717, 1.165) is 5.57 Å². The van der Waals surface area contributed by atoms with Crippen LogP contribution in [0.2, 0.25) is 0 Å². The summed E-state index contributed by atoms with van der Waals surface area (Å²) in [6, 6.07) is -0.375. The van der Waals surface area contributed by atoms with Crippen LogP contribution < -0.4 is 5.32 Å². The maximum Gasteiger partial charge on any atom is 0.225 e. The zero-order chi connectivity index (χ0) is 15.3. The number of hydrogen-bond acceptors (Lipinski definition) is 4. The van der Waals surface area contributed by atoms with Crippen molar-refractivity contribution in [3.8, 4) is 0 Å². The largest absolute Gasteiger partial charge is 0.303 e. The van der Waals surface area contributed by atoms with E-state index in [1.54, 1.807) is 19.1 Å². The lowest BCUT2D eigenvalue weighted by atomic mass is 9.96. The van der Waals surface area contributed by atoms with Gasteiger partial charge >= 0.3 is 0 Å². The van der Waals surface area contributed by atoms with E-state index < -0.39 is 10.9 Å². The number of Topliss-reactive ketones (excluding diaryl/α,β-unsaturated/α-hetero) is 1. The number of rotatable bonds is 5. The molecule has 0 aromatic heterocycles. The van der Waals surface area contributed by atoms with Gasteiger partial charge in [0.05, 0.1) is 11.7 Å². The maximum atomic E-state index is 11.4. The maximum absolute atomic E-state index is 11.4. The fourth-order valence-corrected chi connectivity index (χ4v) is 3.03. The summed E-state index contributed by atoms with van der Waals surface area (Å²) in [5.74, 6) is 0.0362. The van der Waals surface area contributed by atoms with Crippen LogP contribution in [0.1, 0.15) is 27.2 Å². The first-order chi connectivity index (χ1) is 9.40. The molecule has 2 atom stereocenters. The Morgan fingerprint density at radius 3 is 2.65 bits per heavy atom. The Kier molecular flexibility index (Phi) is 6.16. The van der Waals surface area contributed by atoms with E-state index in [9.17, 15) is 13.2 Å². The molecule has 0 bridgehead atoms. The smallest absolute Gasteiger partial charge is 0.225 e. The van der Waals surface area contributed by atoms with Crippen molar-refractivity contribution >= 4 is 16.7 Å². The lowest BCUT2D eigenvalue weighted by Crippen LogP contribution is -2.49. The van der Waals surface area contributed by atoms with Gasteiger partial charge in [0.1, 0.15) is 5.78 Å². The zero-order valence-corrected chi connectivity index (χ0v) is 13.0. The summed E-state index contributed by atoms with van der Waals surface area (Å²) in [5, 5.41) is 3.18. The minimum Gasteiger partial charge on any atom is -0.303 e. The zero-order valence-electron chi connectivity index (χ0n) is 12.1. The summed E-state index contributed by atoms with van der Waals surface area (Å²) in [4.78, 5) is 11.3. The van der Waals surface area contributed by atoms with Gasteiger partial charge in [-0.25, -0.2) is 8.42 Å². The fourth-order valence-electron chi connectivity index (χ4n) is 2.27. The van der Waals surface area contributed by atoms with Gasteiger partial charge in [0.15, 0.2) is 0 Å². The molecule has 0 aromatic carbocycles. The molecule has 0 aromatic rings. The van der Waals surface area contributed by atoms with Gasteiger partial charge in [0.2, 0.25) is 10.9 Å². The van der Waals surface area contributed by atoms with Gasteiger partial charge in [-0.2, -0.15) is 0 Å². The van der Waals surface area contributed by atoms with Crippen molar-refractivity contribution in [1.29, 1.82) is 0 Å². The number of piperidine rings is 1. The van der Waals surface area contributed by atoms with Gasteiger partial charge in [-0.15, -0.1) is 0 Å². The Labute approximate surface area is 122 Å². The third-order valence-corrected chi connectivity index (χ3v) is 4.12. The molecule has 1 N–H and O–H groups in total. The molecule has 5 nitrogen and oxygen atoms in total. The first-order valence-electron chi connectivity index (χ1n) is 6.57. The van der Waals surface area contributed by atoms with Gasteiger partial charge in [0, 0.05) is 12.6 Å². The molecule has 0 radical (unpaired) electrons. The van der Waals surface area contributed by atoms with Crippen molar-refractivity contribution < 1.29 is 13.2 Å². The minimum atomic E-state index is -2.70. The highest BCUT2D eigenvalue weighted by molar-refractivity contribution is 7.70. The van der Waals surface area contributed by atoms with Crippen LogP contribution in [0.3, 0.4) is 0 Å².